The second kappa shape index (κ2) is 13.9. The van der Waals surface area contributed by atoms with Gasteiger partial charge in [-0.3, -0.25) is 4.99 Å². The van der Waals surface area contributed by atoms with Gasteiger partial charge in [0.1, 0.15) is 6.61 Å². The van der Waals surface area contributed by atoms with Crippen LogP contribution < -0.4 is 15.4 Å². The summed E-state index contributed by atoms with van der Waals surface area (Å²) >= 11 is 18.1. The van der Waals surface area contributed by atoms with Crippen LogP contribution in [0.5, 0.6) is 5.75 Å². The maximum Gasteiger partial charge on any atom is 0.191 e. The average Bonchev–Trinajstić information content (AvgIpc) is 2.83. The minimum Gasteiger partial charge on any atom is -0.489 e. The van der Waals surface area contributed by atoms with Crippen LogP contribution in [0.3, 0.4) is 0 Å². The molecule has 0 spiro atoms. The number of benzene rings is 1. The van der Waals surface area contributed by atoms with Crippen molar-refractivity contribution in [2.45, 2.75) is 6.42 Å². The van der Waals surface area contributed by atoms with Crippen molar-refractivity contribution in [3.05, 3.63) is 27.2 Å². The zero-order valence-electron chi connectivity index (χ0n) is 16.3. The molecule has 6 nitrogen and oxygen atoms in total. The molecule has 0 amide bonds. The van der Waals surface area contributed by atoms with Gasteiger partial charge in [0.05, 0.1) is 16.6 Å². The molecule has 2 N–H and O–H groups in total. The molecule has 160 valence electrons. The Bertz CT molecular complexity index is 612. The lowest BCUT2D eigenvalue weighted by molar-refractivity contribution is 0.279. The molecule has 0 radical (unpaired) electrons. The van der Waals surface area contributed by atoms with E-state index in [4.69, 9.17) is 39.5 Å². The van der Waals surface area contributed by atoms with Crippen LogP contribution in [0.25, 0.3) is 0 Å². The van der Waals surface area contributed by atoms with Gasteiger partial charge in [0.15, 0.2) is 11.7 Å². The summed E-state index contributed by atoms with van der Waals surface area (Å²) in [6.45, 7) is 7.38. The predicted octanol–water partition coefficient (Wildman–Crippen LogP) is 3.45. The molecule has 10 heteroatoms. The lowest BCUT2D eigenvalue weighted by atomic mass is 10.3. The van der Waals surface area contributed by atoms with E-state index in [9.17, 15) is 0 Å². The van der Waals surface area contributed by atoms with Crippen LogP contribution in [-0.4, -0.2) is 82.3 Å². The van der Waals surface area contributed by atoms with E-state index in [0.29, 0.717) is 34.0 Å². The van der Waals surface area contributed by atoms with Crippen molar-refractivity contribution in [3.63, 3.8) is 0 Å². The summed E-state index contributed by atoms with van der Waals surface area (Å²) in [4.78, 5) is 9.10. The average molecular weight is 565 g/mol. The molecule has 0 bridgehead atoms. The van der Waals surface area contributed by atoms with Gasteiger partial charge < -0.3 is 25.2 Å². The second-order valence-electron chi connectivity index (χ2n) is 6.47. The monoisotopic (exact) mass is 563 g/mol. The lowest BCUT2D eigenvalue weighted by Crippen LogP contribution is -2.43. The first kappa shape index (κ1) is 25.8. The van der Waals surface area contributed by atoms with Crippen LogP contribution in [0, 0.1) is 0 Å². The minimum atomic E-state index is 0. The molecule has 0 saturated carbocycles. The highest BCUT2D eigenvalue weighted by Crippen LogP contribution is 2.35. The molecule has 0 unspecified atom stereocenters. The molecular formula is C18H29Cl3IN5O. The first-order valence-corrected chi connectivity index (χ1v) is 10.3. The van der Waals surface area contributed by atoms with Crippen molar-refractivity contribution in [3.8, 4) is 5.75 Å². The van der Waals surface area contributed by atoms with Gasteiger partial charge in [-0.2, -0.15) is 0 Å². The Morgan fingerprint density at radius 2 is 1.75 bits per heavy atom. The summed E-state index contributed by atoms with van der Waals surface area (Å²) < 4.78 is 5.66. The molecular weight excluding hydrogens is 535 g/mol. The molecule has 0 aliphatic carbocycles. The van der Waals surface area contributed by atoms with Gasteiger partial charge in [-0.05, 0) is 38.7 Å². The molecule has 1 heterocycles. The summed E-state index contributed by atoms with van der Waals surface area (Å²) in [5.41, 5.74) is 0. The predicted molar refractivity (Wildman–Crippen MR) is 130 cm³/mol. The molecule has 1 aromatic rings. The number of nitrogens with one attached hydrogen (secondary N) is 2. The first-order chi connectivity index (χ1) is 13.0. The van der Waals surface area contributed by atoms with Crippen LogP contribution in [0.1, 0.15) is 6.42 Å². The van der Waals surface area contributed by atoms with Crippen LogP contribution in [-0.2, 0) is 0 Å². The highest BCUT2D eigenvalue weighted by atomic mass is 127. The molecule has 1 aliphatic rings. The van der Waals surface area contributed by atoms with Gasteiger partial charge in [-0.15, -0.1) is 24.0 Å². The van der Waals surface area contributed by atoms with Crippen molar-refractivity contribution >= 4 is 64.7 Å². The molecule has 0 aromatic heterocycles. The Balaban J connectivity index is 0.00000392. The SMILES string of the molecule is CN=C(NCCOc1c(Cl)cc(Cl)cc1Cl)NCCN1CCCN(C)CC1.I. The number of hydrogen-bond donors (Lipinski definition) is 2. The minimum absolute atomic E-state index is 0. The topological polar surface area (TPSA) is 52.1 Å². The highest BCUT2D eigenvalue weighted by molar-refractivity contribution is 14.0. The zero-order valence-corrected chi connectivity index (χ0v) is 20.9. The number of aliphatic imine (C=N–C) groups is 1. The lowest BCUT2D eigenvalue weighted by Gasteiger charge is -2.21. The molecule has 1 aromatic carbocycles. The third-order valence-corrected chi connectivity index (χ3v) is 5.14. The quantitative estimate of drug-likeness (QED) is 0.230. The number of hydrogen-bond acceptors (Lipinski definition) is 4. The van der Waals surface area contributed by atoms with E-state index in [2.05, 4.69) is 32.5 Å². The van der Waals surface area contributed by atoms with Crippen LogP contribution in [0.2, 0.25) is 15.1 Å². The Hall–Kier alpha value is -0.190. The van der Waals surface area contributed by atoms with Gasteiger partial charge in [0, 0.05) is 38.2 Å². The van der Waals surface area contributed by atoms with Crippen molar-refractivity contribution in [2.75, 3.05) is 66.5 Å². The smallest absolute Gasteiger partial charge is 0.191 e. The molecule has 1 fully saturated rings. The summed E-state index contributed by atoms with van der Waals surface area (Å²) in [5, 5.41) is 7.84. The van der Waals surface area contributed by atoms with E-state index in [1.807, 2.05) is 0 Å². The molecule has 28 heavy (non-hydrogen) atoms. The van der Waals surface area contributed by atoms with Crippen molar-refractivity contribution in [1.29, 1.82) is 0 Å². The van der Waals surface area contributed by atoms with Crippen molar-refractivity contribution in [1.82, 2.24) is 20.4 Å². The highest BCUT2D eigenvalue weighted by Gasteiger charge is 2.12. The van der Waals surface area contributed by atoms with Gasteiger partial charge in [0.2, 0.25) is 0 Å². The maximum atomic E-state index is 6.11. The fourth-order valence-electron chi connectivity index (χ4n) is 2.87. The first-order valence-electron chi connectivity index (χ1n) is 9.12. The van der Waals surface area contributed by atoms with Crippen LogP contribution in [0.4, 0.5) is 0 Å². The molecule has 1 aliphatic heterocycles. The number of likely N-dealkylation sites (N-methyl/N-ethyl adjacent to an activating group) is 1. The normalized spacial score (nSPS) is 16.2. The van der Waals surface area contributed by atoms with E-state index in [1.165, 1.54) is 13.0 Å². The summed E-state index contributed by atoms with van der Waals surface area (Å²) in [7, 11) is 3.93. The fraction of sp³-hybridized carbons (Fsp3) is 0.611. The molecule has 2 rings (SSSR count). The third kappa shape index (κ3) is 9.09. The Labute approximate surface area is 199 Å². The summed E-state index contributed by atoms with van der Waals surface area (Å²) in [6.07, 6.45) is 1.22. The van der Waals surface area contributed by atoms with Gasteiger partial charge in [-0.25, -0.2) is 0 Å². The number of ether oxygens (including phenoxy) is 1. The number of guanidine groups is 1. The Kier molecular flexibility index (Phi) is 12.9. The van der Waals surface area contributed by atoms with E-state index in [0.717, 1.165) is 38.7 Å². The van der Waals surface area contributed by atoms with E-state index >= 15 is 0 Å². The Morgan fingerprint density at radius 3 is 2.43 bits per heavy atom. The second-order valence-corrected chi connectivity index (χ2v) is 7.72. The number of halogens is 4. The summed E-state index contributed by atoms with van der Waals surface area (Å²) in [6, 6.07) is 3.22. The Morgan fingerprint density at radius 1 is 1.07 bits per heavy atom. The van der Waals surface area contributed by atoms with Crippen LogP contribution >= 0.6 is 58.8 Å². The number of nitrogens with zero attached hydrogens (tertiary/aromatic N) is 3. The summed E-state index contributed by atoms with van der Waals surface area (Å²) in [5.74, 6) is 1.19. The van der Waals surface area contributed by atoms with Gasteiger partial charge in [0.25, 0.3) is 0 Å². The van der Waals surface area contributed by atoms with Crippen molar-refractivity contribution < 1.29 is 4.74 Å². The standard InChI is InChI=1S/C18H28Cl3N5O.HI/c1-22-18(23-4-8-26-7-3-6-25(2)9-10-26)24-5-11-27-17-15(20)12-14(19)13-16(17)21;/h12-13H,3-11H2,1-2H3,(H2,22,23,24);1H. The van der Waals surface area contributed by atoms with E-state index < -0.39 is 0 Å². The van der Waals surface area contributed by atoms with Crippen LogP contribution in [0.15, 0.2) is 17.1 Å². The fourth-order valence-corrected chi connectivity index (χ4v) is 3.79. The van der Waals surface area contributed by atoms with Gasteiger partial charge in [-0.1, -0.05) is 34.8 Å². The van der Waals surface area contributed by atoms with E-state index in [-0.39, 0.29) is 24.0 Å². The zero-order chi connectivity index (χ0) is 19.6. The molecule has 0 atom stereocenters. The van der Waals surface area contributed by atoms with Crippen molar-refractivity contribution in [2.24, 2.45) is 4.99 Å². The van der Waals surface area contributed by atoms with Gasteiger partial charge >= 0.3 is 0 Å². The number of rotatable bonds is 7. The molecule has 1 saturated heterocycles. The third-order valence-electron chi connectivity index (χ3n) is 4.36. The largest absolute Gasteiger partial charge is 0.489 e. The van der Waals surface area contributed by atoms with E-state index in [1.54, 1.807) is 19.2 Å². The maximum absolute atomic E-state index is 6.11.